The maximum Gasteiger partial charge on any atom is 0.419 e. The number of aromatic nitrogens is 1. The second-order valence-corrected chi connectivity index (χ2v) is 8.15. The minimum absolute atomic E-state index is 0.0117. The summed E-state index contributed by atoms with van der Waals surface area (Å²) in [6.45, 7) is 1.45. The van der Waals surface area contributed by atoms with Gasteiger partial charge in [-0.3, -0.25) is 4.79 Å². The number of hydrogen-bond acceptors (Lipinski definition) is 4. The molecule has 0 bridgehead atoms. The molecule has 1 aromatic heterocycles. The van der Waals surface area contributed by atoms with Gasteiger partial charge in [-0.15, -0.1) is 0 Å². The number of pyridine rings is 1. The van der Waals surface area contributed by atoms with E-state index in [0.29, 0.717) is 0 Å². The summed E-state index contributed by atoms with van der Waals surface area (Å²) >= 11 is 5.96. The Labute approximate surface area is 178 Å². The van der Waals surface area contributed by atoms with E-state index in [1.807, 2.05) is 0 Å². The molecule has 0 fully saturated rings. The molecule has 0 aliphatic heterocycles. The Kier molecular flexibility index (Phi) is 4.94. The minimum Gasteiger partial charge on any atom is -0.506 e. The average molecular weight is 457 g/mol. The first-order chi connectivity index (χ1) is 14.4. The molecule has 2 aromatic carbocycles. The molecule has 1 aliphatic rings. The van der Waals surface area contributed by atoms with E-state index in [0.717, 1.165) is 18.2 Å². The van der Waals surface area contributed by atoms with Crippen molar-refractivity contribution in [3.8, 4) is 5.75 Å². The molecule has 0 saturated heterocycles. The van der Waals surface area contributed by atoms with Crippen molar-refractivity contribution in [3.05, 3.63) is 68.7 Å². The zero-order valence-corrected chi connectivity index (χ0v) is 16.8. The normalized spacial score (nSPS) is 23.6. The molecule has 0 unspecified atom stereocenters. The van der Waals surface area contributed by atoms with E-state index in [4.69, 9.17) is 11.6 Å². The number of benzene rings is 2. The van der Waals surface area contributed by atoms with Crippen molar-refractivity contribution in [3.63, 3.8) is 0 Å². The third-order valence-corrected chi connectivity index (χ3v) is 6.00. The van der Waals surface area contributed by atoms with Crippen LogP contribution in [0.4, 0.5) is 23.2 Å². The standard InChI is InChI=1S/C21H17ClF4N2O3/c1-9-8-20(31,21(24,25)26)19(12-2-4-13(22)18(30)17(9)12)28-15-7-10(23)6-14-11(15)3-5-16(29)27-14/h2-7,9,19,28,30-31H,8H2,1H3,(H,27,29)/t9-,19+,20-/m0/s1. The monoisotopic (exact) mass is 456 g/mol. The molecule has 3 aromatic rings. The molecule has 4 rings (SSSR count). The second kappa shape index (κ2) is 7.13. The molecule has 3 atom stereocenters. The van der Waals surface area contributed by atoms with Crippen LogP contribution in [0.5, 0.6) is 5.75 Å². The molecule has 164 valence electrons. The average Bonchev–Trinajstić information content (AvgIpc) is 2.65. The molecule has 4 N–H and O–H groups in total. The molecular formula is C21H17ClF4N2O3. The van der Waals surface area contributed by atoms with Crippen LogP contribution in [0.3, 0.4) is 0 Å². The summed E-state index contributed by atoms with van der Waals surface area (Å²) in [5, 5.41) is 24.1. The van der Waals surface area contributed by atoms with Crippen LogP contribution < -0.4 is 10.9 Å². The van der Waals surface area contributed by atoms with Crippen molar-refractivity contribution < 1.29 is 27.8 Å². The topological polar surface area (TPSA) is 85.4 Å². The molecular weight excluding hydrogens is 440 g/mol. The Morgan fingerprint density at radius 3 is 2.61 bits per heavy atom. The van der Waals surface area contributed by atoms with Crippen molar-refractivity contribution in [2.24, 2.45) is 0 Å². The molecule has 0 radical (unpaired) electrons. The van der Waals surface area contributed by atoms with Crippen molar-refractivity contribution in [2.45, 2.75) is 37.1 Å². The van der Waals surface area contributed by atoms with Crippen LogP contribution in [0.15, 0.2) is 41.2 Å². The molecule has 31 heavy (non-hydrogen) atoms. The van der Waals surface area contributed by atoms with E-state index in [2.05, 4.69) is 10.3 Å². The van der Waals surface area contributed by atoms with Gasteiger partial charge in [0.1, 0.15) is 11.6 Å². The highest BCUT2D eigenvalue weighted by atomic mass is 35.5. The van der Waals surface area contributed by atoms with Crippen molar-refractivity contribution in [1.82, 2.24) is 4.98 Å². The third-order valence-electron chi connectivity index (χ3n) is 5.70. The van der Waals surface area contributed by atoms with E-state index in [1.165, 1.54) is 25.1 Å². The summed E-state index contributed by atoms with van der Waals surface area (Å²) in [6.07, 6.45) is -5.79. The number of nitrogens with one attached hydrogen (secondary N) is 2. The first-order valence-electron chi connectivity index (χ1n) is 9.32. The number of anilines is 1. The Hall–Kier alpha value is -2.78. The van der Waals surface area contributed by atoms with Crippen LogP contribution in [-0.4, -0.2) is 27.0 Å². The number of aliphatic hydroxyl groups is 1. The van der Waals surface area contributed by atoms with E-state index in [9.17, 15) is 32.6 Å². The number of fused-ring (bicyclic) bond motifs is 2. The fraction of sp³-hybridized carbons (Fsp3) is 0.286. The highest BCUT2D eigenvalue weighted by Crippen LogP contribution is 2.55. The fourth-order valence-electron chi connectivity index (χ4n) is 4.30. The maximum absolute atomic E-state index is 14.2. The summed E-state index contributed by atoms with van der Waals surface area (Å²) in [5.41, 5.74) is -3.55. The lowest BCUT2D eigenvalue weighted by Crippen LogP contribution is -2.55. The smallest absolute Gasteiger partial charge is 0.419 e. The first-order valence-corrected chi connectivity index (χ1v) is 9.69. The Balaban J connectivity index is 1.95. The van der Waals surface area contributed by atoms with Gasteiger partial charge in [-0.2, -0.15) is 13.2 Å². The van der Waals surface area contributed by atoms with Crippen molar-refractivity contribution in [2.75, 3.05) is 5.32 Å². The fourth-order valence-corrected chi connectivity index (χ4v) is 4.46. The number of halogens is 5. The number of rotatable bonds is 2. The van der Waals surface area contributed by atoms with Gasteiger partial charge < -0.3 is 20.5 Å². The molecule has 0 amide bonds. The molecule has 5 nitrogen and oxygen atoms in total. The molecule has 0 saturated carbocycles. The molecule has 1 aliphatic carbocycles. The zero-order chi connectivity index (χ0) is 22.7. The van der Waals surface area contributed by atoms with Crippen LogP contribution in [0.1, 0.15) is 36.4 Å². The van der Waals surface area contributed by atoms with Gasteiger partial charge in [-0.25, -0.2) is 4.39 Å². The molecule has 0 spiro atoms. The van der Waals surface area contributed by atoms with E-state index >= 15 is 0 Å². The van der Waals surface area contributed by atoms with Gasteiger partial charge in [0.2, 0.25) is 5.56 Å². The first kappa shape index (κ1) is 21.5. The quantitative estimate of drug-likeness (QED) is 0.410. The van der Waals surface area contributed by atoms with Gasteiger partial charge in [0.25, 0.3) is 0 Å². The van der Waals surface area contributed by atoms with Crippen LogP contribution in [0.2, 0.25) is 5.02 Å². The number of phenols is 1. The number of H-pyrrole nitrogens is 1. The zero-order valence-electron chi connectivity index (χ0n) is 16.0. The predicted molar refractivity (Wildman–Crippen MR) is 108 cm³/mol. The number of hydrogen-bond donors (Lipinski definition) is 4. The summed E-state index contributed by atoms with van der Waals surface area (Å²) in [7, 11) is 0. The van der Waals surface area contributed by atoms with Crippen molar-refractivity contribution in [1.29, 1.82) is 0 Å². The van der Waals surface area contributed by atoms with E-state index in [1.54, 1.807) is 0 Å². The van der Waals surface area contributed by atoms with Gasteiger partial charge >= 0.3 is 6.18 Å². The van der Waals surface area contributed by atoms with Gasteiger partial charge in [0, 0.05) is 22.7 Å². The predicted octanol–water partition coefficient (Wildman–Crippen LogP) is 4.98. The van der Waals surface area contributed by atoms with Crippen molar-refractivity contribution >= 4 is 28.2 Å². The summed E-state index contributed by atoms with van der Waals surface area (Å²) in [6, 6.07) is 5.27. The third kappa shape index (κ3) is 3.41. The highest BCUT2D eigenvalue weighted by Gasteiger charge is 2.62. The van der Waals surface area contributed by atoms with E-state index in [-0.39, 0.29) is 38.5 Å². The Morgan fingerprint density at radius 2 is 1.94 bits per heavy atom. The minimum atomic E-state index is -5.04. The highest BCUT2D eigenvalue weighted by molar-refractivity contribution is 6.32. The van der Waals surface area contributed by atoms with Gasteiger partial charge in [-0.1, -0.05) is 24.6 Å². The maximum atomic E-state index is 14.2. The van der Waals surface area contributed by atoms with Crippen LogP contribution in [-0.2, 0) is 0 Å². The second-order valence-electron chi connectivity index (χ2n) is 7.74. The van der Waals surface area contributed by atoms with E-state index < -0.39 is 41.5 Å². The number of aromatic amines is 1. The SMILES string of the molecule is C[C@H]1C[C@@](O)(C(F)(F)F)[C@H](Nc2cc(F)cc3[nH]c(=O)ccc23)c2ccc(Cl)c(O)c21. The van der Waals surface area contributed by atoms with Gasteiger partial charge in [0.15, 0.2) is 5.60 Å². The Bertz CT molecular complexity index is 1240. The largest absolute Gasteiger partial charge is 0.506 e. The van der Waals surface area contributed by atoms with Crippen LogP contribution in [0, 0.1) is 5.82 Å². The lowest BCUT2D eigenvalue weighted by Gasteiger charge is -2.45. The van der Waals surface area contributed by atoms with Gasteiger partial charge in [-0.05, 0) is 42.2 Å². The number of alkyl halides is 3. The summed E-state index contributed by atoms with van der Waals surface area (Å²) in [4.78, 5) is 14.0. The molecule has 1 heterocycles. The molecule has 10 heteroatoms. The summed E-state index contributed by atoms with van der Waals surface area (Å²) in [5.74, 6) is -2.02. The van der Waals surface area contributed by atoms with Gasteiger partial charge in [0.05, 0.1) is 16.6 Å². The number of phenolic OH excluding ortho intramolecular Hbond substituents is 1. The lowest BCUT2D eigenvalue weighted by molar-refractivity contribution is -0.272. The summed E-state index contributed by atoms with van der Waals surface area (Å²) < 4.78 is 56.4. The number of aromatic hydroxyl groups is 1. The van der Waals surface area contributed by atoms with Crippen LogP contribution in [0.25, 0.3) is 10.9 Å². The lowest BCUT2D eigenvalue weighted by atomic mass is 9.70. The Morgan fingerprint density at radius 1 is 1.23 bits per heavy atom. The van der Waals surface area contributed by atoms with Crippen LogP contribution >= 0.6 is 11.6 Å².